The quantitative estimate of drug-likeness (QED) is 0.223. The maximum atomic E-state index is 13.2. The van der Waals surface area contributed by atoms with Crippen LogP contribution in [0.1, 0.15) is 17.2 Å². The van der Waals surface area contributed by atoms with Gasteiger partial charge in [0.15, 0.2) is 0 Å². The number of aromatic nitrogens is 1. The van der Waals surface area contributed by atoms with Crippen LogP contribution in [0.4, 0.5) is 5.69 Å². The standard InChI is InChI=1S/C25H18N2O5/c28-15-11-9-14(10-12-15)22-21(23(30)17-13-26-18-6-2-1-5-16(17)18)24(31)25(32)27(22)19-7-3-4-8-20(19)29/h1-13,22,26,28-30H/b23-21-. The third kappa shape index (κ3) is 2.91. The van der Waals surface area contributed by atoms with Gasteiger partial charge in [-0.15, -0.1) is 0 Å². The number of aliphatic hydroxyl groups is 1. The van der Waals surface area contributed by atoms with Gasteiger partial charge in [-0.1, -0.05) is 42.5 Å². The Morgan fingerprint density at radius 1 is 0.875 bits per heavy atom. The number of anilines is 1. The fourth-order valence-corrected chi connectivity index (χ4v) is 4.13. The van der Waals surface area contributed by atoms with Gasteiger partial charge in [0.05, 0.1) is 17.3 Å². The molecule has 7 nitrogen and oxygen atoms in total. The van der Waals surface area contributed by atoms with Gasteiger partial charge in [-0.2, -0.15) is 0 Å². The highest BCUT2D eigenvalue weighted by Gasteiger charge is 2.47. The first-order valence-electron chi connectivity index (χ1n) is 9.92. The van der Waals surface area contributed by atoms with E-state index in [2.05, 4.69) is 4.98 Å². The summed E-state index contributed by atoms with van der Waals surface area (Å²) in [6.07, 6.45) is 1.58. The van der Waals surface area contributed by atoms with Crippen molar-refractivity contribution >= 4 is 34.0 Å². The van der Waals surface area contributed by atoms with Crippen LogP contribution < -0.4 is 4.90 Å². The molecule has 1 aromatic heterocycles. The van der Waals surface area contributed by atoms with Gasteiger partial charge in [0, 0.05) is 22.7 Å². The van der Waals surface area contributed by atoms with Gasteiger partial charge in [-0.25, -0.2) is 0 Å². The number of rotatable bonds is 3. The molecule has 2 heterocycles. The van der Waals surface area contributed by atoms with Gasteiger partial charge in [0.25, 0.3) is 11.7 Å². The number of hydrogen-bond acceptors (Lipinski definition) is 5. The van der Waals surface area contributed by atoms with Gasteiger partial charge in [-0.3, -0.25) is 14.5 Å². The van der Waals surface area contributed by atoms with Gasteiger partial charge >= 0.3 is 0 Å². The average molecular weight is 426 g/mol. The van der Waals surface area contributed by atoms with Crippen LogP contribution in [0.25, 0.3) is 16.7 Å². The summed E-state index contributed by atoms with van der Waals surface area (Å²) in [6, 6.07) is 18.5. The van der Waals surface area contributed by atoms with Crippen LogP contribution in [0.5, 0.6) is 11.5 Å². The molecule has 7 heteroatoms. The Morgan fingerprint density at radius 3 is 2.31 bits per heavy atom. The number of nitrogens with one attached hydrogen (secondary N) is 1. The molecule has 1 aliphatic heterocycles. The summed E-state index contributed by atoms with van der Waals surface area (Å²) in [4.78, 5) is 30.5. The van der Waals surface area contributed by atoms with Gasteiger partial charge in [0.2, 0.25) is 0 Å². The van der Waals surface area contributed by atoms with E-state index in [1.165, 1.54) is 29.2 Å². The number of H-pyrrole nitrogens is 1. The van der Waals surface area contributed by atoms with Crippen LogP contribution >= 0.6 is 0 Å². The predicted octanol–water partition coefficient (Wildman–Crippen LogP) is 4.21. The van der Waals surface area contributed by atoms with Crippen LogP contribution in [0.15, 0.2) is 84.6 Å². The summed E-state index contributed by atoms with van der Waals surface area (Å²) in [5.74, 6) is -2.22. The fourth-order valence-electron chi connectivity index (χ4n) is 4.13. The lowest BCUT2D eigenvalue weighted by Gasteiger charge is -2.26. The van der Waals surface area contributed by atoms with E-state index < -0.39 is 17.7 Å². The smallest absolute Gasteiger partial charge is 0.300 e. The number of aromatic amines is 1. The van der Waals surface area contributed by atoms with Crippen molar-refractivity contribution in [2.24, 2.45) is 0 Å². The van der Waals surface area contributed by atoms with E-state index in [9.17, 15) is 24.9 Å². The SMILES string of the molecule is O=C1C(=O)N(c2ccccc2O)C(c2ccc(O)cc2)/C1=C(/O)c1c[nH]c2ccccc12. The van der Waals surface area contributed by atoms with Gasteiger partial charge in [0.1, 0.15) is 17.3 Å². The molecule has 4 N–H and O–H groups in total. The molecule has 0 spiro atoms. The summed E-state index contributed by atoms with van der Waals surface area (Å²) in [6.45, 7) is 0. The maximum absolute atomic E-state index is 13.2. The first-order valence-corrected chi connectivity index (χ1v) is 9.92. The van der Waals surface area contributed by atoms with E-state index in [0.717, 1.165) is 5.52 Å². The van der Waals surface area contributed by atoms with E-state index in [-0.39, 0.29) is 28.5 Å². The number of carbonyl (C=O) groups excluding carboxylic acids is 2. The molecule has 5 rings (SSSR count). The summed E-state index contributed by atoms with van der Waals surface area (Å²) in [7, 11) is 0. The number of Topliss-reactive ketones (excluding diaryl/α,β-unsaturated/α-hetero) is 1. The van der Waals surface area contributed by atoms with Crippen molar-refractivity contribution in [2.45, 2.75) is 6.04 Å². The van der Waals surface area contributed by atoms with Crippen molar-refractivity contribution in [1.29, 1.82) is 0 Å². The molecule has 1 amide bonds. The molecule has 158 valence electrons. The molecule has 32 heavy (non-hydrogen) atoms. The zero-order valence-electron chi connectivity index (χ0n) is 16.7. The second kappa shape index (κ2) is 7.31. The zero-order chi connectivity index (χ0) is 22.4. The number of ketones is 1. The summed E-state index contributed by atoms with van der Waals surface area (Å²) in [5.41, 5.74) is 1.69. The first-order chi connectivity index (χ1) is 15.5. The molecule has 1 atom stereocenters. The van der Waals surface area contributed by atoms with Crippen LogP contribution in [0.2, 0.25) is 0 Å². The number of amides is 1. The molecule has 0 aliphatic carbocycles. The number of phenolic OH excluding ortho intramolecular Hbond substituents is 2. The van der Waals surface area contributed by atoms with Crippen LogP contribution in [0.3, 0.4) is 0 Å². The molecular formula is C25H18N2O5. The normalized spacial score (nSPS) is 17.9. The molecule has 1 unspecified atom stereocenters. The van der Waals surface area contributed by atoms with Gasteiger partial charge in [-0.05, 0) is 35.9 Å². The molecule has 0 radical (unpaired) electrons. The Bertz CT molecular complexity index is 1400. The largest absolute Gasteiger partial charge is 0.508 e. The minimum atomic E-state index is -1.00. The highest BCUT2D eigenvalue weighted by atomic mass is 16.3. The topological polar surface area (TPSA) is 114 Å². The van der Waals surface area contributed by atoms with E-state index in [1.807, 2.05) is 18.2 Å². The Kier molecular flexibility index (Phi) is 4.44. The van der Waals surface area contributed by atoms with Crippen molar-refractivity contribution in [2.75, 3.05) is 4.90 Å². The molecule has 3 aromatic carbocycles. The number of aliphatic hydroxyl groups excluding tert-OH is 1. The highest BCUT2D eigenvalue weighted by molar-refractivity contribution is 6.52. The van der Waals surface area contributed by atoms with E-state index in [4.69, 9.17) is 0 Å². The number of aromatic hydroxyl groups is 2. The third-order valence-electron chi connectivity index (χ3n) is 5.64. The molecule has 0 bridgehead atoms. The monoisotopic (exact) mass is 426 g/mol. The number of para-hydroxylation sites is 3. The second-order valence-electron chi connectivity index (χ2n) is 7.50. The second-order valence-corrected chi connectivity index (χ2v) is 7.50. The minimum Gasteiger partial charge on any atom is -0.508 e. The Balaban J connectivity index is 1.78. The highest BCUT2D eigenvalue weighted by Crippen LogP contribution is 2.45. The van der Waals surface area contributed by atoms with E-state index in [1.54, 1.807) is 36.5 Å². The number of hydrogen-bond donors (Lipinski definition) is 4. The minimum absolute atomic E-state index is 0.0184. The molecule has 1 fully saturated rings. The lowest BCUT2D eigenvalue weighted by Crippen LogP contribution is -2.29. The summed E-state index contributed by atoms with van der Waals surface area (Å²) in [5, 5.41) is 32.1. The third-order valence-corrected chi connectivity index (χ3v) is 5.64. The Labute approximate surface area is 182 Å². The Hall–Kier alpha value is -4.52. The number of fused-ring (bicyclic) bond motifs is 1. The predicted molar refractivity (Wildman–Crippen MR) is 119 cm³/mol. The van der Waals surface area contributed by atoms with Gasteiger partial charge < -0.3 is 20.3 Å². The van der Waals surface area contributed by atoms with Crippen molar-refractivity contribution in [3.05, 3.63) is 95.7 Å². The lowest BCUT2D eigenvalue weighted by atomic mass is 9.95. The van der Waals surface area contributed by atoms with Crippen molar-refractivity contribution in [3.63, 3.8) is 0 Å². The summed E-state index contributed by atoms with van der Waals surface area (Å²) < 4.78 is 0. The van der Waals surface area contributed by atoms with Crippen LogP contribution in [0, 0.1) is 0 Å². The van der Waals surface area contributed by atoms with Crippen molar-refractivity contribution in [1.82, 2.24) is 4.98 Å². The van der Waals surface area contributed by atoms with Crippen LogP contribution in [-0.2, 0) is 9.59 Å². The molecular weight excluding hydrogens is 408 g/mol. The van der Waals surface area contributed by atoms with E-state index in [0.29, 0.717) is 16.5 Å². The average Bonchev–Trinajstić information content (AvgIpc) is 3.34. The first kappa shape index (κ1) is 19.4. The molecule has 1 saturated heterocycles. The molecule has 4 aromatic rings. The van der Waals surface area contributed by atoms with Crippen LogP contribution in [-0.4, -0.2) is 32.0 Å². The lowest BCUT2D eigenvalue weighted by molar-refractivity contribution is -0.132. The van der Waals surface area contributed by atoms with Crippen molar-refractivity contribution in [3.8, 4) is 11.5 Å². The number of phenols is 2. The number of carbonyl (C=O) groups is 2. The number of benzene rings is 3. The molecule has 0 saturated carbocycles. The number of nitrogens with zero attached hydrogens (tertiary/aromatic N) is 1. The molecule has 1 aliphatic rings. The fraction of sp³-hybridized carbons (Fsp3) is 0.0400. The summed E-state index contributed by atoms with van der Waals surface area (Å²) >= 11 is 0. The zero-order valence-corrected chi connectivity index (χ0v) is 16.7. The van der Waals surface area contributed by atoms with Crippen molar-refractivity contribution < 1.29 is 24.9 Å². The Morgan fingerprint density at radius 2 is 1.56 bits per heavy atom. The van der Waals surface area contributed by atoms with E-state index >= 15 is 0 Å². The maximum Gasteiger partial charge on any atom is 0.300 e.